The van der Waals surface area contributed by atoms with Gasteiger partial charge in [0.1, 0.15) is 5.75 Å². The smallest absolute Gasteiger partial charge is 0.138 e. The van der Waals surface area contributed by atoms with Gasteiger partial charge in [-0.2, -0.15) is 0 Å². The van der Waals surface area contributed by atoms with Crippen LogP contribution in [0.15, 0.2) is 21.1 Å². The highest BCUT2D eigenvalue weighted by molar-refractivity contribution is 9.11. The highest BCUT2D eigenvalue weighted by Gasteiger charge is 2.52. The van der Waals surface area contributed by atoms with Gasteiger partial charge in [0.25, 0.3) is 0 Å². The van der Waals surface area contributed by atoms with Gasteiger partial charge < -0.3 is 10.1 Å². The lowest BCUT2D eigenvalue weighted by molar-refractivity contribution is -0.0706. The van der Waals surface area contributed by atoms with Crippen molar-refractivity contribution < 1.29 is 4.74 Å². The lowest BCUT2D eigenvalue weighted by atomic mass is 9.48. The average molecular weight is 485 g/mol. The molecular weight excluding hydrogens is 454 g/mol. The summed E-state index contributed by atoms with van der Waals surface area (Å²) in [4.78, 5) is 0. The molecule has 1 aromatic carbocycles. The molecular formula is C22H31Br2NO. The lowest BCUT2D eigenvalue weighted by Crippen LogP contribution is -2.54. The molecule has 0 amide bonds. The first-order valence-electron chi connectivity index (χ1n) is 10.3. The van der Waals surface area contributed by atoms with Crippen LogP contribution in [0.25, 0.3) is 0 Å². The van der Waals surface area contributed by atoms with Crippen LogP contribution in [0.4, 0.5) is 0 Å². The third-order valence-electron chi connectivity index (χ3n) is 7.14. The van der Waals surface area contributed by atoms with E-state index < -0.39 is 0 Å². The molecule has 2 nitrogen and oxygen atoms in total. The molecule has 1 N–H and O–H groups in total. The first-order chi connectivity index (χ1) is 12.5. The maximum atomic E-state index is 6.05. The Morgan fingerprint density at radius 2 is 1.73 bits per heavy atom. The summed E-state index contributed by atoms with van der Waals surface area (Å²) < 4.78 is 8.19. The number of nitrogens with one attached hydrogen (secondary N) is 1. The van der Waals surface area contributed by atoms with Gasteiger partial charge in [-0.25, -0.2) is 0 Å². The van der Waals surface area contributed by atoms with Gasteiger partial charge in [-0.15, -0.1) is 0 Å². The van der Waals surface area contributed by atoms with Crippen LogP contribution in [0.2, 0.25) is 0 Å². The molecule has 1 aromatic rings. The summed E-state index contributed by atoms with van der Waals surface area (Å²) in [5.41, 5.74) is 1.79. The molecule has 4 aliphatic carbocycles. The van der Waals surface area contributed by atoms with Crippen molar-refractivity contribution in [3.8, 4) is 5.75 Å². The van der Waals surface area contributed by atoms with Crippen LogP contribution < -0.4 is 10.1 Å². The van der Waals surface area contributed by atoms with Gasteiger partial charge in [0.2, 0.25) is 0 Å². The van der Waals surface area contributed by atoms with Crippen molar-refractivity contribution in [2.75, 3.05) is 6.61 Å². The molecule has 4 saturated carbocycles. The summed E-state index contributed by atoms with van der Waals surface area (Å²) in [6.45, 7) is 6.23. The second-order valence-electron chi connectivity index (χ2n) is 9.11. The predicted octanol–water partition coefficient (Wildman–Crippen LogP) is 6.69. The van der Waals surface area contributed by atoms with E-state index in [9.17, 15) is 0 Å². The second kappa shape index (κ2) is 7.75. The van der Waals surface area contributed by atoms with Gasteiger partial charge in [-0.1, -0.05) is 22.9 Å². The Morgan fingerprint density at radius 1 is 1.12 bits per heavy atom. The Balaban J connectivity index is 1.47. The molecule has 0 heterocycles. The highest BCUT2D eigenvalue weighted by atomic mass is 79.9. The number of hydrogen-bond acceptors (Lipinski definition) is 2. The summed E-state index contributed by atoms with van der Waals surface area (Å²) in [6.07, 6.45) is 9.93. The summed E-state index contributed by atoms with van der Waals surface area (Å²) in [7, 11) is 0. The predicted molar refractivity (Wildman–Crippen MR) is 115 cm³/mol. The molecule has 4 bridgehead atoms. The number of hydrogen-bond donors (Lipinski definition) is 1. The Hall–Kier alpha value is -0.0600. The van der Waals surface area contributed by atoms with Crippen LogP contribution in [0.5, 0.6) is 5.75 Å². The monoisotopic (exact) mass is 483 g/mol. The minimum Gasteiger partial charge on any atom is -0.492 e. The van der Waals surface area contributed by atoms with Crippen molar-refractivity contribution in [3.05, 3.63) is 26.6 Å². The van der Waals surface area contributed by atoms with Crippen LogP contribution in [0, 0.1) is 23.2 Å². The van der Waals surface area contributed by atoms with E-state index in [1.807, 2.05) is 0 Å². The summed E-state index contributed by atoms with van der Waals surface area (Å²) in [5.74, 6) is 4.03. The van der Waals surface area contributed by atoms with Crippen molar-refractivity contribution in [1.82, 2.24) is 5.32 Å². The van der Waals surface area contributed by atoms with E-state index in [0.29, 0.717) is 11.5 Å². The Labute approximate surface area is 175 Å². The maximum absolute atomic E-state index is 6.05. The molecule has 1 unspecified atom stereocenters. The van der Waals surface area contributed by atoms with E-state index in [1.54, 1.807) is 0 Å². The van der Waals surface area contributed by atoms with E-state index in [2.05, 4.69) is 63.2 Å². The third kappa shape index (κ3) is 3.75. The number of halogens is 2. The van der Waals surface area contributed by atoms with E-state index in [1.165, 1.54) is 44.1 Å². The Bertz CT molecular complexity index is 625. The molecule has 4 aliphatic rings. The lowest BCUT2D eigenvalue weighted by Gasteiger charge is -2.59. The second-order valence-corrected chi connectivity index (χ2v) is 10.9. The number of rotatable bonds is 7. The average Bonchev–Trinajstić information content (AvgIpc) is 2.57. The summed E-state index contributed by atoms with van der Waals surface area (Å²) >= 11 is 7.32. The van der Waals surface area contributed by atoms with E-state index in [4.69, 9.17) is 4.74 Å². The fraction of sp³-hybridized carbons (Fsp3) is 0.727. The van der Waals surface area contributed by atoms with Crippen LogP contribution in [-0.2, 0) is 6.54 Å². The van der Waals surface area contributed by atoms with E-state index >= 15 is 0 Å². The summed E-state index contributed by atoms with van der Waals surface area (Å²) in [6, 6.07) is 4.86. The molecule has 0 aromatic heterocycles. The maximum Gasteiger partial charge on any atom is 0.138 e. The first-order valence-corrected chi connectivity index (χ1v) is 11.9. The normalized spacial score (nSPS) is 33.5. The molecule has 4 fully saturated rings. The van der Waals surface area contributed by atoms with E-state index in [-0.39, 0.29) is 0 Å². The minimum absolute atomic E-state index is 0.544. The SMILES string of the molecule is CCCOc1c(Br)cc(Br)cc1CNC(C)C12CC3CC(CC(C3)C1)C2. The van der Waals surface area contributed by atoms with Crippen molar-refractivity contribution in [1.29, 1.82) is 0 Å². The standard InChI is InChI=1S/C22H31Br2NO/c1-3-4-26-21-18(8-19(23)9-20(21)24)13-25-14(2)22-10-15-5-16(11-22)7-17(6-15)12-22/h8-9,14-17,25H,3-7,10-13H2,1-2H3. The molecule has 0 aliphatic heterocycles. The van der Waals surface area contributed by atoms with Gasteiger partial charge in [0, 0.05) is 22.6 Å². The van der Waals surface area contributed by atoms with Crippen LogP contribution in [0.3, 0.4) is 0 Å². The van der Waals surface area contributed by atoms with Crippen molar-refractivity contribution in [3.63, 3.8) is 0 Å². The van der Waals surface area contributed by atoms with Gasteiger partial charge in [0.05, 0.1) is 11.1 Å². The molecule has 0 spiro atoms. The molecule has 1 atom stereocenters. The van der Waals surface area contributed by atoms with Gasteiger partial charge in [0.15, 0.2) is 0 Å². The zero-order valence-electron chi connectivity index (χ0n) is 16.0. The van der Waals surface area contributed by atoms with Crippen LogP contribution >= 0.6 is 31.9 Å². The molecule has 4 heteroatoms. The third-order valence-corrected chi connectivity index (χ3v) is 8.19. The zero-order chi connectivity index (χ0) is 18.3. The first kappa shape index (κ1) is 19.3. The van der Waals surface area contributed by atoms with Crippen LogP contribution in [-0.4, -0.2) is 12.6 Å². The quantitative estimate of drug-likeness (QED) is 0.465. The largest absolute Gasteiger partial charge is 0.492 e. The van der Waals surface area contributed by atoms with Gasteiger partial charge in [-0.3, -0.25) is 0 Å². The Morgan fingerprint density at radius 3 is 2.31 bits per heavy atom. The van der Waals surface area contributed by atoms with E-state index in [0.717, 1.165) is 52.0 Å². The van der Waals surface area contributed by atoms with Gasteiger partial charge >= 0.3 is 0 Å². The molecule has 0 saturated heterocycles. The zero-order valence-corrected chi connectivity index (χ0v) is 19.2. The van der Waals surface area contributed by atoms with Crippen LogP contribution in [0.1, 0.15) is 64.4 Å². The highest BCUT2D eigenvalue weighted by Crippen LogP contribution is 2.61. The molecule has 5 rings (SSSR count). The number of benzene rings is 1. The fourth-order valence-corrected chi connectivity index (χ4v) is 7.73. The summed E-state index contributed by atoms with van der Waals surface area (Å²) in [5, 5.41) is 3.91. The van der Waals surface area contributed by atoms with Crippen molar-refractivity contribution in [2.45, 2.75) is 71.4 Å². The topological polar surface area (TPSA) is 21.3 Å². The molecule has 144 valence electrons. The number of ether oxygens (including phenoxy) is 1. The molecule has 0 radical (unpaired) electrons. The van der Waals surface area contributed by atoms with Crippen molar-refractivity contribution in [2.24, 2.45) is 23.2 Å². The fourth-order valence-electron chi connectivity index (χ4n) is 6.30. The molecule has 26 heavy (non-hydrogen) atoms. The van der Waals surface area contributed by atoms with Gasteiger partial charge in [-0.05, 0) is 103 Å². The minimum atomic E-state index is 0.544. The Kier molecular flexibility index (Phi) is 5.74. The van der Waals surface area contributed by atoms with Crippen molar-refractivity contribution >= 4 is 31.9 Å².